The van der Waals surface area contributed by atoms with Gasteiger partial charge in [0.05, 0.1) is 6.61 Å². The Hall–Kier alpha value is -3.32. The molecule has 6 nitrogen and oxygen atoms in total. The maximum Gasteiger partial charge on any atom is 0.375 e. The molecular weight excluding hydrogens is 477 g/mol. The van der Waals surface area contributed by atoms with E-state index in [1.807, 2.05) is 25.1 Å². The summed E-state index contributed by atoms with van der Waals surface area (Å²) in [5.74, 6) is -1.35. The molecule has 1 amide bonds. The third-order valence-corrected chi connectivity index (χ3v) is 5.47. The molecule has 1 aromatic heterocycles. The molecular formula is C26H21Cl2NO5. The first-order chi connectivity index (χ1) is 16.5. The van der Waals surface area contributed by atoms with Gasteiger partial charge in [-0.15, -0.1) is 0 Å². The average Bonchev–Trinajstić information content (AvgIpc) is 3.19. The summed E-state index contributed by atoms with van der Waals surface area (Å²) in [6.45, 7) is 2.49. The van der Waals surface area contributed by atoms with Crippen molar-refractivity contribution in [3.63, 3.8) is 0 Å². The van der Waals surface area contributed by atoms with Gasteiger partial charge in [0.25, 0.3) is 5.91 Å². The Morgan fingerprint density at radius 2 is 1.65 bits per heavy atom. The van der Waals surface area contributed by atoms with Crippen LogP contribution in [0.1, 0.15) is 34.7 Å². The van der Waals surface area contributed by atoms with E-state index in [0.29, 0.717) is 39.0 Å². The third kappa shape index (κ3) is 5.42. The second kappa shape index (κ2) is 10.7. The van der Waals surface area contributed by atoms with Gasteiger partial charge in [-0.1, -0.05) is 71.7 Å². The highest BCUT2D eigenvalue weighted by Gasteiger charge is 2.30. The van der Waals surface area contributed by atoms with Crippen LogP contribution < -0.4 is 5.32 Å². The molecule has 0 fully saturated rings. The van der Waals surface area contributed by atoms with E-state index in [0.717, 1.165) is 5.39 Å². The predicted molar refractivity (Wildman–Crippen MR) is 131 cm³/mol. The number of rotatable bonds is 8. The number of nitrogens with one attached hydrogen (secondary N) is 1. The van der Waals surface area contributed by atoms with Crippen LogP contribution >= 0.6 is 23.2 Å². The summed E-state index contributed by atoms with van der Waals surface area (Å²) in [5.41, 5.74) is 1.96. The molecule has 3 aromatic carbocycles. The third-order valence-electron chi connectivity index (χ3n) is 5.03. The number of carbonyl (C=O) groups is 2. The first kappa shape index (κ1) is 23.8. The van der Waals surface area contributed by atoms with Crippen LogP contribution in [0.4, 0.5) is 5.69 Å². The second-order valence-corrected chi connectivity index (χ2v) is 8.26. The number of fused-ring (bicyclic) bond motifs is 1. The summed E-state index contributed by atoms with van der Waals surface area (Å²) in [4.78, 5) is 26.5. The minimum atomic E-state index is -1.25. The lowest BCUT2D eigenvalue weighted by Gasteiger charge is -2.18. The Morgan fingerprint density at radius 1 is 0.971 bits per heavy atom. The van der Waals surface area contributed by atoms with Gasteiger partial charge >= 0.3 is 5.97 Å². The lowest BCUT2D eigenvalue weighted by molar-refractivity contribution is -0.125. The van der Waals surface area contributed by atoms with E-state index < -0.39 is 18.0 Å². The molecule has 0 aliphatic carbocycles. The Kier molecular flexibility index (Phi) is 7.53. The number of ether oxygens (including phenoxy) is 2. The van der Waals surface area contributed by atoms with Crippen molar-refractivity contribution in [2.45, 2.75) is 19.6 Å². The lowest BCUT2D eigenvalue weighted by atomic mass is 10.1. The van der Waals surface area contributed by atoms with E-state index in [-0.39, 0.29) is 12.4 Å². The topological polar surface area (TPSA) is 77.8 Å². The normalized spacial score (nSPS) is 11.9. The summed E-state index contributed by atoms with van der Waals surface area (Å²) in [5, 5.41) is 4.18. The van der Waals surface area contributed by atoms with Gasteiger partial charge in [0.2, 0.25) is 11.9 Å². The molecule has 0 aliphatic rings. The van der Waals surface area contributed by atoms with Crippen LogP contribution in [0.3, 0.4) is 0 Å². The molecule has 174 valence electrons. The fourth-order valence-corrected chi connectivity index (χ4v) is 4.03. The van der Waals surface area contributed by atoms with Crippen LogP contribution in [0.25, 0.3) is 11.0 Å². The van der Waals surface area contributed by atoms with E-state index in [9.17, 15) is 9.59 Å². The zero-order chi connectivity index (χ0) is 24.1. The maximum absolute atomic E-state index is 13.3. The number of halogens is 2. The van der Waals surface area contributed by atoms with Crippen molar-refractivity contribution >= 4 is 51.7 Å². The molecule has 1 atom stereocenters. The molecule has 4 rings (SSSR count). The van der Waals surface area contributed by atoms with Crippen LogP contribution in [0.15, 0.2) is 77.2 Å². The first-order valence-corrected chi connectivity index (χ1v) is 11.3. The second-order valence-electron chi connectivity index (χ2n) is 7.39. The van der Waals surface area contributed by atoms with Crippen molar-refractivity contribution < 1.29 is 23.5 Å². The van der Waals surface area contributed by atoms with Crippen LogP contribution in [0.2, 0.25) is 10.0 Å². The zero-order valence-corrected chi connectivity index (χ0v) is 19.7. The van der Waals surface area contributed by atoms with Gasteiger partial charge in [-0.2, -0.15) is 0 Å². The zero-order valence-electron chi connectivity index (χ0n) is 18.2. The van der Waals surface area contributed by atoms with Gasteiger partial charge < -0.3 is 19.2 Å². The monoisotopic (exact) mass is 497 g/mol. The van der Waals surface area contributed by atoms with E-state index in [1.165, 1.54) is 0 Å². The van der Waals surface area contributed by atoms with Crippen molar-refractivity contribution in [3.8, 4) is 0 Å². The van der Waals surface area contributed by atoms with Crippen molar-refractivity contribution in [2.24, 2.45) is 0 Å². The Labute approximate surface area is 206 Å². The standard InChI is InChI=1S/C26H21Cl2NO5/c1-2-32-15-21-20-10-6-7-11-22(20)33-24(21)26(31)34-23(16-8-4-3-5-9-16)25(30)29-19-13-17(27)12-18(28)14-19/h3-14,23H,2,15H2,1H3,(H,29,30). The summed E-state index contributed by atoms with van der Waals surface area (Å²) in [7, 11) is 0. The molecule has 0 aliphatic heterocycles. The smallest absolute Gasteiger partial charge is 0.375 e. The highest BCUT2D eigenvalue weighted by Crippen LogP contribution is 2.30. The van der Waals surface area contributed by atoms with E-state index in [2.05, 4.69) is 5.32 Å². The van der Waals surface area contributed by atoms with E-state index in [4.69, 9.17) is 37.1 Å². The number of carbonyl (C=O) groups excluding carboxylic acids is 2. The molecule has 1 heterocycles. The number of hydrogen-bond acceptors (Lipinski definition) is 5. The van der Waals surface area contributed by atoms with E-state index in [1.54, 1.807) is 54.6 Å². The molecule has 0 bridgehead atoms. The molecule has 0 spiro atoms. The van der Waals surface area contributed by atoms with Crippen LogP contribution in [0, 0.1) is 0 Å². The van der Waals surface area contributed by atoms with Crippen LogP contribution in [-0.4, -0.2) is 18.5 Å². The first-order valence-electron chi connectivity index (χ1n) is 10.6. The SMILES string of the molecule is CCOCc1c(C(=O)OC(C(=O)Nc2cc(Cl)cc(Cl)c2)c2ccccc2)oc2ccccc12. The minimum Gasteiger partial charge on any atom is -0.449 e. The molecule has 0 saturated carbocycles. The number of anilines is 1. The highest BCUT2D eigenvalue weighted by atomic mass is 35.5. The van der Waals surface area contributed by atoms with Gasteiger partial charge in [-0.05, 0) is 31.2 Å². The minimum absolute atomic E-state index is 0.00539. The van der Waals surface area contributed by atoms with Crippen LogP contribution in [-0.2, 0) is 20.9 Å². The molecule has 1 N–H and O–H groups in total. The summed E-state index contributed by atoms with van der Waals surface area (Å²) in [6, 6.07) is 20.6. The quantitative estimate of drug-likeness (QED) is 0.270. The van der Waals surface area contributed by atoms with Crippen molar-refractivity contribution in [1.29, 1.82) is 0 Å². The summed E-state index contributed by atoms with van der Waals surface area (Å²) < 4.78 is 17.0. The number of benzene rings is 3. The van der Waals surface area contributed by atoms with Gasteiger partial charge in [-0.3, -0.25) is 4.79 Å². The van der Waals surface area contributed by atoms with Crippen molar-refractivity contribution in [3.05, 3.63) is 99.7 Å². The van der Waals surface area contributed by atoms with E-state index >= 15 is 0 Å². The van der Waals surface area contributed by atoms with Crippen LogP contribution in [0.5, 0.6) is 0 Å². The maximum atomic E-state index is 13.3. The number of furan rings is 1. The molecule has 8 heteroatoms. The van der Waals surface area contributed by atoms with Gasteiger partial charge in [-0.25, -0.2) is 4.79 Å². The van der Waals surface area contributed by atoms with Gasteiger partial charge in [0.1, 0.15) is 5.58 Å². The number of hydrogen-bond donors (Lipinski definition) is 1. The Morgan fingerprint density at radius 3 is 2.35 bits per heavy atom. The molecule has 4 aromatic rings. The average molecular weight is 498 g/mol. The van der Waals surface area contributed by atoms with Gasteiger partial charge in [0.15, 0.2) is 0 Å². The van der Waals surface area contributed by atoms with Gasteiger partial charge in [0, 0.05) is 38.9 Å². The van der Waals surface area contributed by atoms with Crippen molar-refractivity contribution in [2.75, 3.05) is 11.9 Å². The Bertz CT molecular complexity index is 1300. The molecule has 0 radical (unpaired) electrons. The predicted octanol–water partition coefficient (Wildman–Crippen LogP) is 6.81. The highest BCUT2D eigenvalue weighted by molar-refractivity contribution is 6.35. The Balaban J connectivity index is 1.66. The summed E-state index contributed by atoms with van der Waals surface area (Å²) in [6.07, 6.45) is -1.25. The molecule has 1 unspecified atom stereocenters. The fraction of sp³-hybridized carbons (Fsp3) is 0.154. The fourth-order valence-electron chi connectivity index (χ4n) is 3.51. The largest absolute Gasteiger partial charge is 0.449 e. The molecule has 0 saturated heterocycles. The summed E-state index contributed by atoms with van der Waals surface area (Å²) >= 11 is 12.1. The lowest BCUT2D eigenvalue weighted by Crippen LogP contribution is -2.26. The van der Waals surface area contributed by atoms with Crippen molar-refractivity contribution in [1.82, 2.24) is 0 Å². The molecule has 34 heavy (non-hydrogen) atoms. The number of esters is 1. The number of para-hydroxylation sites is 1. The number of amides is 1.